The summed E-state index contributed by atoms with van der Waals surface area (Å²) in [6.07, 6.45) is 1.73. The Bertz CT molecular complexity index is 624. The second-order valence-electron chi connectivity index (χ2n) is 5.57. The number of hydrogen-bond donors (Lipinski definition) is 1. The minimum absolute atomic E-state index is 0.0461. The van der Waals surface area contributed by atoms with Crippen LogP contribution in [0.5, 0.6) is 0 Å². The number of rotatable bonds is 2. The highest BCUT2D eigenvalue weighted by Crippen LogP contribution is 2.24. The first-order chi connectivity index (χ1) is 9.67. The predicted octanol–water partition coefficient (Wildman–Crippen LogP) is 2.59. The second-order valence-corrected chi connectivity index (χ2v) is 5.57. The van der Waals surface area contributed by atoms with Crippen LogP contribution in [-0.4, -0.2) is 35.6 Å². The van der Waals surface area contributed by atoms with E-state index in [1.165, 1.54) is 0 Å². The van der Waals surface area contributed by atoms with Crippen molar-refractivity contribution in [1.82, 2.24) is 4.90 Å². The van der Waals surface area contributed by atoms with E-state index in [4.69, 9.17) is 9.52 Å². The second kappa shape index (κ2) is 5.29. The lowest BCUT2D eigenvalue weighted by Crippen LogP contribution is -2.39. The molecule has 4 heteroatoms. The van der Waals surface area contributed by atoms with E-state index in [-0.39, 0.29) is 12.5 Å². The maximum atomic E-state index is 12.4. The molecular formula is C16H19NO3. The number of aliphatic hydroxyl groups is 1. The number of likely N-dealkylation sites (tertiary alicyclic amines) is 1. The van der Waals surface area contributed by atoms with Gasteiger partial charge in [-0.25, -0.2) is 0 Å². The monoisotopic (exact) mass is 273 g/mol. The highest BCUT2D eigenvalue weighted by Gasteiger charge is 2.25. The molecule has 1 N–H and O–H groups in total. The van der Waals surface area contributed by atoms with Crippen molar-refractivity contribution >= 4 is 16.9 Å². The van der Waals surface area contributed by atoms with Crippen LogP contribution in [-0.2, 0) is 0 Å². The summed E-state index contributed by atoms with van der Waals surface area (Å²) in [4.78, 5) is 14.2. The number of carbonyl (C=O) groups excluding carboxylic acids is 1. The SMILES string of the molecule is Cc1ccc2cc(C(=O)N3CCC(CO)CC3)oc2c1. The first kappa shape index (κ1) is 13.2. The Morgan fingerprint density at radius 3 is 2.80 bits per heavy atom. The van der Waals surface area contributed by atoms with Gasteiger partial charge in [-0.05, 0) is 43.4 Å². The first-order valence-electron chi connectivity index (χ1n) is 7.07. The normalized spacial score (nSPS) is 16.8. The maximum Gasteiger partial charge on any atom is 0.289 e. The van der Waals surface area contributed by atoms with E-state index >= 15 is 0 Å². The van der Waals surface area contributed by atoms with E-state index in [0.29, 0.717) is 24.8 Å². The fourth-order valence-electron chi connectivity index (χ4n) is 2.72. The molecule has 1 aromatic carbocycles. The Hall–Kier alpha value is -1.81. The molecule has 1 amide bonds. The molecule has 1 aromatic heterocycles. The molecule has 0 unspecified atom stereocenters. The Labute approximate surface area is 118 Å². The summed E-state index contributed by atoms with van der Waals surface area (Å²) in [6.45, 7) is 3.61. The van der Waals surface area contributed by atoms with Gasteiger partial charge in [0.05, 0.1) is 0 Å². The minimum Gasteiger partial charge on any atom is -0.451 e. The Kier molecular flexibility index (Phi) is 3.49. The van der Waals surface area contributed by atoms with Crippen molar-refractivity contribution in [2.24, 2.45) is 5.92 Å². The summed E-state index contributed by atoms with van der Waals surface area (Å²) < 4.78 is 5.68. The van der Waals surface area contributed by atoms with E-state index in [1.807, 2.05) is 36.1 Å². The van der Waals surface area contributed by atoms with Crippen molar-refractivity contribution in [2.75, 3.05) is 19.7 Å². The summed E-state index contributed by atoms with van der Waals surface area (Å²) >= 11 is 0. The van der Waals surface area contributed by atoms with Gasteiger partial charge in [-0.15, -0.1) is 0 Å². The Morgan fingerprint density at radius 1 is 1.35 bits per heavy atom. The third kappa shape index (κ3) is 2.43. The van der Waals surface area contributed by atoms with Crippen LogP contribution in [0.15, 0.2) is 28.7 Å². The molecule has 1 fully saturated rings. The quantitative estimate of drug-likeness (QED) is 0.915. The Balaban J connectivity index is 1.79. The zero-order chi connectivity index (χ0) is 14.1. The van der Waals surface area contributed by atoms with Gasteiger partial charge in [-0.1, -0.05) is 12.1 Å². The van der Waals surface area contributed by atoms with Gasteiger partial charge < -0.3 is 14.4 Å². The number of aliphatic hydroxyl groups excluding tert-OH is 1. The Morgan fingerprint density at radius 2 is 2.10 bits per heavy atom. The van der Waals surface area contributed by atoms with Crippen molar-refractivity contribution in [3.05, 3.63) is 35.6 Å². The number of benzene rings is 1. The number of hydrogen-bond acceptors (Lipinski definition) is 3. The third-order valence-electron chi connectivity index (χ3n) is 4.05. The average Bonchev–Trinajstić information content (AvgIpc) is 2.89. The standard InChI is InChI=1S/C16H19NO3/c1-11-2-3-13-9-15(20-14(13)8-11)16(19)17-6-4-12(10-18)5-7-17/h2-3,8-9,12,18H,4-7,10H2,1H3. The molecule has 20 heavy (non-hydrogen) atoms. The number of piperidine rings is 1. The molecule has 0 saturated carbocycles. The summed E-state index contributed by atoms with van der Waals surface area (Å²) in [6, 6.07) is 7.75. The number of furan rings is 1. The molecule has 106 valence electrons. The first-order valence-corrected chi connectivity index (χ1v) is 7.07. The van der Waals surface area contributed by atoms with Crippen LogP contribution in [0, 0.1) is 12.8 Å². The van der Waals surface area contributed by atoms with Crippen molar-refractivity contribution < 1.29 is 14.3 Å². The molecule has 1 aliphatic rings. The molecule has 0 bridgehead atoms. The fourth-order valence-corrected chi connectivity index (χ4v) is 2.72. The lowest BCUT2D eigenvalue weighted by Gasteiger charge is -2.30. The van der Waals surface area contributed by atoms with Crippen molar-refractivity contribution in [1.29, 1.82) is 0 Å². The average molecular weight is 273 g/mol. The van der Waals surface area contributed by atoms with Crippen LogP contribution < -0.4 is 0 Å². The van der Waals surface area contributed by atoms with Gasteiger partial charge in [-0.3, -0.25) is 4.79 Å². The molecule has 2 aromatic rings. The highest BCUT2D eigenvalue weighted by molar-refractivity contribution is 5.96. The molecule has 0 atom stereocenters. The minimum atomic E-state index is -0.0461. The number of amides is 1. The fraction of sp³-hybridized carbons (Fsp3) is 0.438. The summed E-state index contributed by atoms with van der Waals surface area (Å²) in [7, 11) is 0. The molecule has 0 aliphatic carbocycles. The topological polar surface area (TPSA) is 53.7 Å². The zero-order valence-corrected chi connectivity index (χ0v) is 11.6. The predicted molar refractivity (Wildman–Crippen MR) is 76.7 cm³/mol. The number of nitrogens with zero attached hydrogens (tertiary/aromatic N) is 1. The lowest BCUT2D eigenvalue weighted by atomic mass is 9.98. The smallest absolute Gasteiger partial charge is 0.289 e. The van der Waals surface area contributed by atoms with Gasteiger partial charge in [0.2, 0.25) is 0 Å². The van der Waals surface area contributed by atoms with Gasteiger partial charge in [0, 0.05) is 25.1 Å². The van der Waals surface area contributed by atoms with E-state index in [9.17, 15) is 4.79 Å². The summed E-state index contributed by atoms with van der Waals surface area (Å²) in [5, 5.41) is 10.1. The van der Waals surface area contributed by atoms with Gasteiger partial charge in [-0.2, -0.15) is 0 Å². The molecule has 1 aliphatic heterocycles. The molecule has 2 heterocycles. The molecule has 0 radical (unpaired) electrons. The van der Waals surface area contributed by atoms with E-state index in [1.54, 1.807) is 0 Å². The van der Waals surface area contributed by atoms with Gasteiger partial charge in [0.1, 0.15) is 5.58 Å². The molecule has 4 nitrogen and oxygen atoms in total. The van der Waals surface area contributed by atoms with E-state index in [0.717, 1.165) is 29.4 Å². The molecule has 0 spiro atoms. The van der Waals surface area contributed by atoms with Crippen molar-refractivity contribution in [2.45, 2.75) is 19.8 Å². The maximum absolute atomic E-state index is 12.4. The van der Waals surface area contributed by atoms with E-state index in [2.05, 4.69) is 0 Å². The number of fused-ring (bicyclic) bond motifs is 1. The van der Waals surface area contributed by atoms with Gasteiger partial charge in [0.25, 0.3) is 5.91 Å². The van der Waals surface area contributed by atoms with Crippen LogP contribution in [0.4, 0.5) is 0 Å². The van der Waals surface area contributed by atoms with Gasteiger partial charge >= 0.3 is 0 Å². The summed E-state index contributed by atoms with van der Waals surface area (Å²) in [5.41, 5.74) is 1.88. The molecule has 1 saturated heterocycles. The zero-order valence-electron chi connectivity index (χ0n) is 11.6. The highest BCUT2D eigenvalue weighted by atomic mass is 16.3. The van der Waals surface area contributed by atoms with Gasteiger partial charge in [0.15, 0.2) is 5.76 Å². The number of carbonyl (C=O) groups is 1. The molecule has 3 rings (SSSR count). The summed E-state index contributed by atoms with van der Waals surface area (Å²) in [5.74, 6) is 0.695. The van der Waals surface area contributed by atoms with Crippen LogP contribution in [0.25, 0.3) is 11.0 Å². The van der Waals surface area contributed by atoms with Crippen LogP contribution >= 0.6 is 0 Å². The van der Waals surface area contributed by atoms with Crippen LogP contribution in [0.2, 0.25) is 0 Å². The largest absolute Gasteiger partial charge is 0.451 e. The van der Waals surface area contributed by atoms with Crippen LogP contribution in [0.1, 0.15) is 29.0 Å². The van der Waals surface area contributed by atoms with Crippen molar-refractivity contribution in [3.8, 4) is 0 Å². The number of aryl methyl sites for hydroxylation is 1. The molecular weight excluding hydrogens is 254 g/mol. The van der Waals surface area contributed by atoms with E-state index < -0.39 is 0 Å². The van der Waals surface area contributed by atoms with Crippen LogP contribution in [0.3, 0.4) is 0 Å². The third-order valence-corrected chi connectivity index (χ3v) is 4.05. The lowest BCUT2D eigenvalue weighted by molar-refractivity contribution is 0.0622. The van der Waals surface area contributed by atoms with Crippen molar-refractivity contribution in [3.63, 3.8) is 0 Å².